The molecule has 18 heavy (non-hydrogen) atoms. The third-order valence-electron chi connectivity index (χ3n) is 2.21. The van der Waals surface area contributed by atoms with E-state index < -0.39 is 12.1 Å². The number of hydrogen-bond acceptors (Lipinski definition) is 3. The van der Waals surface area contributed by atoms with Gasteiger partial charge < -0.3 is 14.7 Å². The molecule has 5 nitrogen and oxygen atoms in total. The van der Waals surface area contributed by atoms with Gasteiger partial charge in [-0.15, -0.1) is 0 Å². The first-order valence-corrected chi connectivity index (χ1v) is 6.08. The second-order valence-corrected chi connectivity index (χ2v) is 4.72. The highest BCUT2D eigenvalue weighted by Gasteiger charge is 2.20. The number of carbonyl (C=O) groups is 2. The Morgan fingerprint density at radius 2 is 2.17 bits per heavy atom. The number of halogens is 1. The first-order chi connectivity index (χ1) is 8.40. The van der Waals surface area contributed by atoms with Gasteiger partial charge in [0.05, 0.1) is 0 Å². The van der Waals surface area contributed by atoms with Gasteiger partial charge in [0, 0.05) is 11.5 Å². The maximum Gasteiger partial charge on any atom is 0.323 e. The maximum absolute atomic E-state index is 11.8. The van der Waals surface area contributed by atoms with E-state index in [1.807, 2.05) is 6.07 Å². The molecule has 1 N–H and O–H groups in total. The number of ether oxygens (including phenoxy) is 1. The van der Waals surface area contributed by atoms with Gasteiger partial charge in [0.1, 0.15) is 12.3 Å². The summed E-state index contributed by atoms with van der Waals surface area (Å²) in [5, 5.41) is 8.60. The summed E-state index contributed by atoms with van der Waals surface area (Å²) in [6, 6.07) is 7.10. The van der Waals surface area contributed by atoms with Crippen molar-refractivity contribution in [2.45, 2.75) is 13.0 Å². The minimum atomic E-state index is -1.06. The lowest BCUT2D eigenvalue weighted by atomic mass is 10.3. The summed E-state index contributed by atoms with van der Waals surface area (Å²) in [5.74, 6) is -0.883. The van der Waals surface area contributed by atoms with E-state index in [-0.39, 0.29) is 12.5 Å². The van der Waals surface area contributed by atoms with Gasteiger partial charge >= 0.3 is 5.97 Å². The van der Waals surface area contributed by atoms with E-state index in [0.717, 1.165) is 9.37 Å². The molecule has 0 aliphatic carbocycles. The third kappa shape index (κ3) is 4.37. The van der Waals surface area contributed by atoms with Gasteiger partial charge in [-0.3, -0.25) is 9.59 Å². The van der Waals surface area contributed by atoms with Crippen LogP contribution in [-0.4, -0.2) is 41.6 Å². The zero-order valence-corrected chi connectivity index (χ0v) is 11.7. The number of aliphatic carboxylic acids is 1. The van der Waals surface area contributed by atoms with Crippen molar-refractivity contribution in [1.29, 1.82) is 0 Å². The normalized spacial score (nSPS) is 11.7. The number of carboxylic acid groups (broad SMARTS) is 1. The van der Waals surface area contributed by atoms with Crippen molar-refractivity contribution in [3.8, 4) is 5.75 Å². The Kier molecular flexibility index (Phi) is 5.15. The maximum atomic E-state index is 11.8. The van der Waals surface area contributed by atoms with Crippen LogP contribution in [0.15, 0.2) is 28.7 Å². The van der Waals surface area contributed by atoms with Gasteiger partial charge in [-0.05, 0) is 25.1 Å². The van der Waals surface area contributed by atoms with Crippen LogP contribution in [0.3, 0.4) is 0 Å². The Morgan fingerprint density at radius 1 is 1.50 bits per heavy atom. The van der Waals surface area contributed by atoms with E-state index in [9.17, 15) is 9.59 Å². The van der Waals surface area contributed by atoms with Crippen LogP contribution in [0.1, 0.15) is 6.92 Å². The van der Waals surface area contributed by atoms with Gasteiger partial charge in [0.25, 0.3) is 5.91 Å². The molecule has 0 radical (unpaired) electrons. The van der Waals surface area contributed by atoms with Crippen LogP contribution in [0.4, 0.5) is 0 Å². The standard InChI is InChI=1S/C12H14BrNO4/c1-8(12(17)14(2)7-11(15)16)18-10-5-3-4-9(13)6-10/h3-6,8H,7H2,1-2H3,(H,15,16). The van der Waals surface area contributed by atoms with Gasteiger partial charge in [0.15, 0.2) is 6.10 Å². The average molecular weight is 316 g/mol. The highest BCUT2D eigenvalue weighted by molar-refractivity contribution is 9.10. The fourth-order valence-corrected chi connectivity index (χ4v) is 1.76. The molecule has 0 fully saturated rings. The SMILES string of the molecule is CC(Oc1cccc(Br)c1)C(=O)N(C)CC(=O)O. The van der Waals surface area contributed by atoms with Crippen LogP contribution < -0.4 is 4.74 Å². The van der Waals surface area contributed by atoms with Gasteiger partial charge in [0.2, 0.25) is 0 Å². The molecule has 1 aromatic rings. The zero-order valence-electron chi connectivity index (χ0n) is 10.1. The van der Waals surface area contributed by atoms with Crippen LogP contribution in [0.2, 0.25) is 0 Å². The van der Waals surface area contributed by atoms with Crippen molar-refractivity contribution in [2.24, 2.45) is 0 Å². The molecule has 6 heteroatoms. The molecule has 0 heterocycles. The molecule has 0 saturated carbocycles. The van der Waals surface area contributed by atoms with Gasteiger partial charge in [-0.2, -0.15) is 0 Å². The molecule has 0 aromatic heterocycles. The van der Waals surface area contributed by atoms with E-state index in [2.05, 4.69) is 15.9 Å². The van der Waals surface area contributed by atoms with Gasteiger partial charge in [-0.25, -0.2) is 0 Å². The summed E-state index contributed by atoms with van der Waals surface area (Å²) >= 11 is 3.30. The molecule has 0 bridgehead atoms. The Labute approximate surface area is 113 Å². The summed E-state index contributed by atoms with van der Waals surface area (Å²) in [5.41, 5.74) is 0. The number of rotatable bonds is 5. The van der Waals surface area contributed by atoms with Crippen LogP contribution in [0.25, 0.3) is 0 Å². The summed E-state index contributed by atoms with van der Waals surface area (Å²) in [6.07, 6.45) is -0.733. The molecule has 1 unspecified atom stereocenters. The number of likely N-dealkylation sites (N-methyl/N-ethyl adjacent to an activating group) is 1. The zero-order chi connectivity index (χ0) is 13.7. The minimum Gasteiger partial charge on any atom is -0.481 e. The van der Waals surface area contributed by atoms with Crippen LogP contribution in [0.5, 0.6) is 5.75 Å². The molecule has 1 atom stereocenters. The molecule has 0 aliphatic rings. The second-order valence-electron chi connectivity index (χ2n) is 3.81. The van der Waals surface area contributed by atoms with E-state index in [1.165, 1.54) is 7.05 Å². The van der Waals surface area contributed by atoms with Crippen molar-refractivity contribution in [1.82, 2.24) is 4.90 Å². The monoisotopic (exact) mass is 315 g/mol. The number of carbonyl (C=O) groups excluding carboxylic acids is 1. The molecule has 0 spiro atoms. The molecular formula is C12H14BrNO4. The largest absolute Gasteiger partial charge is 0.481 e. The fraction of sp³-hybridized carbons (Fsp3) is 0.333. The molecule has 1 aromatic carbocycles. The summed E-state index contributed by atoms with van der Waals surface area (Å²) in [7, 11) is 1.43. The van der Waals surface area contributed by atoms with Crippen molar-refractivity contribution in [3.05, 3.63) is 28.7 Å². The predicted molar refractivity (Wildman–Crippen MR) is 69.5 cm³/mol. The number of carboxylic acids is 1. The Balaban J connectivity index is 2.62. The quantitative estimate of drug-likeness (QED) is 0.899. The number of benzene rings is 1. The van der Waals surface area contributed by atoms with Crippen molar-refractivity contribution < 1.29 is 19.4 Å². The molecule has 1 amide bonds. The highest BCUT2D eigenvalue weighted by atomic mass is 79.9. The lowest BCUT2D eigenvalue weighted by Gasteiger charge is -2.20. The smallest absolute Gasteiger partial charge is 0.323 e. The second kappa shape index (κ2) is 6.39. The number of amides is 1. The van der Waals surface area contributed by atoms with Crippen molar-refractivity contribution in [3.63, 3.8) is 0 Å². The average Bonchev–Trinajstić information content (AvgIpc) is 2.27. The van der Waals surface area contributed by atoms with E-state index >= 15 is 0 Å². The lowest BCUT2D eigenvalue weighted by molar-refractivity contribution is -0.146. The first-order valence-electron chi connectivity index (χ1n) is 5.29. The predicted octanol–water partition coefficient (Wildman–Crippen LogP) is 1.76. The van der Waals surface area contributed by atoms with Gasteiger partial charge in [-0.1, -0.05) is 22.0 Å². The van der Waals surface area contributed by atoms with Crippen molar-refractivity contribution in [2.75, 3.05) is 13.6 Å². The van der Waals surface area contributed by atoms with Crippen molar-refractivity contribution >= 4 is 27.8 Å². The topological polar surface area (TPSA) is 66.8 Å². The summed E-state index contributed by atoms with van der Waals surface area (Å²) in [6.45, 7) is 1.24. The molecular weight excluding hydrogens is 302 g/mol. The van der Waals surface area contributed by atoms with E-state index in [0.29, 0.717) is 5.75 Å². The Bertz CT molecular complexity index is 449. The first kappa shape index (κ1) is 14.5. The summed E-state index contributed by atoms with van der Waals surface area (Å²) in [4.78, 5) is 23.4. The number of hydrogen-bond donors (Lipinski definition) is 1. The fourth-order valence-electron chi connectivity index (χ4n) is 1.39. The van der Waals surface area contributed by atoms with Crippen LogP contribution >= 0.6 is 15.9 Å². The minimum absolute atomic E-state index is 0.342. The number of nitrogens with zero attached hydrogens (tertiary/aromatic N) is 1. The molecule has 98 valence electrons. The van der Waals surface area contributed by atoms with E-state index in [4.69, 9.17) is 9.84 Å². The molecule has 1 rings (SSSR count). The van der Waals surface area contributed by atoms with E-state index in [1.54, 1.807) is 25.1 Å². The molecule has 0 aliphatic heterocycles. The Hall–Kier alpha value is -1.56. The highest BCUT2D eigenvalue weighted by Crippen LogP contribution is 2.19. The Morgan fingerprint density at radius 3 is 2.72 bits per heavy atom. The van der Waals surface area contributed by atoms with Crippen LogP contribution in [-0.2, 0) is 9.59 Å². The summed E-state index contributed by atoms with van der Waals surface area (Å²) < 4.78 is 6.29. The molecule has 0 saturated heterocycles. The third-order valence-corrected chi connectivity index (χ3v) is 2.70. The van der Waals surface area contributed by atoms with Crippen LogP contribution in [0, 0.1) is 0 Å². The lowest BCUT2D eigenvalue weighted by Crippen LogP contribution is -2.40.